The molecule has 0 spiro atoms. The van der Waals surface area contributed by atoms with Crippen LogP contribution in [0.2, 0.25) is 0 Å². The van der Waals surface area contributed by atoms with E-state index in [9.17, 15) is 0 Å². The quantitative estimate of drug-likeness (QED) is 0.170. The van der Waals surface area contributed by atoms with Gasteiger partial charge in [-0.2, -0.15) is 0 Å². The van der Waals surface area contributed by atoms with Crippen molar-refractivity contribution in [2.24, 2.45) is 0 Å². The second kappa shape index (κ2) is 12.1. The van der Waals surface area contributed by atoms with Gasteiger partial charge in [0.15, 0.2) is 0 Å². The Morgan fingerprint density at radius 2 is 0.929 bits per heavy atom. The van der Waals surface area contributed by atoms with E-state index in [1.165, 1.54) is 92.6 Å². The van der Waals surface area contributed by atoms with Gasteiger partial charge in [0, 0.05) is 47.9 Å². The molecule has 56 heavy (non-hydrogen) atoms. The van der Waals surface area contributed by atoms with Crippen LogP contribution in [0.15, 0.2) is 176 Å². The summed E-state index contributed by atoms with van der Waals surface area (Å²) in [6, 6.07) is 65.9. The van der Waals surface area contributed by atoms with Crippen LogP contribution in [-0.4, -0.2) is 0 Å². The van der Waals surface area contributed by atoms with Gasteiger partial charge in [-0.15, -0.1) is 11.3 Å². The van der Waals surface area contributed by atoms with Gasteiger partial charge in [-0.1, -0.05) is 149 Å². The summed E-state index contributed by atoms with van der Waals surface area (Å²) >= 11 is 1.87. The van der Waals surface area contributed by atoms with E-state index in [2.05, 4.69) is 209 Å². The first-order valence-electron chi connectivity index (χ1n) is 19.7. The lowest BCUT2D eigenvalue weighted by Crippen LogP contribution is -2.18. The van der Waals surface area contributed by atoms with Gasteiger partial charge in [0.1, 0.15) is 0 Å². The number of hydrogen-bond donors (Lipinski definition) is 0. The first-order valence-corrected chi connectivity index (χ1v) is 20.5. The summed E-state index contributed by atoms with van der Waals surface area (Å²) in [5.74, 6) is 0. The van der Waals surface area contributed by atoms with Crippen LogP contribution in [0, 0.1) is 0 Å². The molecule has 0 fully saturated rings. The molecule has 0 bridgehead atoms. The summed E-state index contributed by atoms with van der Waals surface area (Å²) in [5, 5.41) is 2.65. The van der Waals surface area contributed by atoms with Crippen LogP contribution in [0.4, 0.5) is 17.1 Å². The van der Waals surface area contributed by atoms with Crippen molar-refractivity contribution in [2.75, 3.05) is 4.90 Å². The number of fused-ring (bicyclic) bond motifs is 9. The summed E-state index contributed by atoms with van der Waals surface area (Å²) in [6.07, 6.45) is 0. The minimum Gasteiger partial charge on any atom is -0.310 e. The largest absolute Gasteiger partial charge is 0.310 e. The first kappa shape index (κ1) is 33.1. The predicted molar refractivity (Wildman–Crippen MR) is 240 cm³/mol. The molecule has 2 heteroatoms. The molecule has 9 aromatic rings. The van der Waals surface area contributed by atoms with E-state index in [4.69, 9.17) is 0 Å². The Morgan fingerprint density at radius 1 is 0.357 bits per heavy atom. The van der Waals surface area contributed by atoms with E-state index >= 15 is 0 Å². The fourth-order valence-electron chi connectivity index (χ4n) is 9.74. The standard InChI is InChI=1S/C54H41NS/c1-53(2)46-19-11-8-16-39(46)41-28-27-38(31-48(41)53)55(37-25-22-34(23-26-37)36-24-29-52-45(30-36)42-18-10-13-21-51(42)56-52)50-33-49-44(32-43(50)35-14-6-5-7-15-35)40-17-9-12-20-47(40)54(49,3)4/h5-33H,1-4H3. The predicted octanol–water partition coefficient (Wildman–Crippen LogP) is 15.5. The molecule has 1 heterocycles. The molecule has 0 unspecified atom stereocenters. The lowest BCUT2D eigenvalue weighted by atomic mass is 9.81. The Bertz CT molecular complexity index is 3020. The van der Waals surface area contributed by atoms with Crippen LogP contribution >= 0.6 is 11.3 Å². The molecule has 2 aliphatic carbocycles. The molecular weight excluding hydrogens is 695 g/mol. The normalized spacial score (nSPS) is 14.4. The molecule has 0 N–H and O–H groups in total. The van der Waals surface area contributed by atoms with Gasteiger partial charge < -0.3 is 4.90 Å². The summed E-state index contributed by atoms with van der Waals surface area (Å²) < 4.78 is 2.66. The van der Waals surface area contributed by atoms with Crippen molar-refractivity contribution in [3.05, 3.63) is 198 Å². The molecule has 0 atom stereocenters. The second-order valence-electron chi connectivity index (χ2n) is 16.5. The third kappa shape index (κ3) is 4.85. The van der Waals surface area contributed by atoms with Crippen molar-refractivity contribution < 1.29 is 0 Å². The third-order valence-electron chi connectivity index (χ3n) is 12.7. The zero-order chi connectivity index (χ0) is 37.8. The number of benzene rings is 8. The van der Waals surface area contributed by atoms with Crippen molar-refractivity contribution in [1.82, 2.24) is 0 Å². The molecule has 268 valence electrons. The zero-order valence-corrected chi connectivity index (χ0v) is 32.9. The van der Waals surface area contributed by atoms with E-state index < -0.39 is 0 Å². The van der Waals surface area contributed by atoms with Crippen molar-refractivity contribution in [3.63, 3.8) is 0 Å². The van der Waals surface area contributed by atoms with Crippen LogP contribution in [0.5, 0.6) is 0 Å². The van der Waals surface area contributed by atoms with Crippen molar-refractivity contribution in [1.29, 1.82) is 0 Å². The van der Waals surface area contributed by atoms with Gasteiger partial charge >= 0.3 is 0 Å². The molecule has 1 aromatic heterocycles. The molecule has 1 nitrogen and oxygen atoms in total. The van der Waals surface area contributed by atoms with Crippen LogP contribution in [0.1, 0.15) is 49.9 Å². The van der Waals surface area contributed by atoms with Gasteiger partial charge in [0.25, 0.3) is 0 Å². The monoisotopic (exact) mass is 735 g/mol. The van der Waals surface area contributed by atoms with Crippen LogP contribution < -0.4 is 4.90 Å². The Hall–Kier alpha value is -6.22. The number of rotatable bonds is 5. The van der Waals surface area contributed by atoms with Gasteiger partial charge in [-0.25, -0.2) is 0 Å². The molecule has 2 aliphatic rings. The highest BCUT2D eigenvalue weighted by Gasteiger charge is 2.38. The molecule has 0 amide bonds. The second-order valence-corrected chi connectivity index (χ2v) is 17.6. The maximum absolute atomic E-state index is 2.51. The van der Waals surface area contributed by atoms with Crippen molar-refractivity contribution >= 4 is 48.6 Å². The molecule has 8 aromatic carbocycles. The number of nitrogens with zero attached hydrogens (tertiary/aromatic N) is 1. The maximum atomic E-state index is 2.51. The SMILES string of the molecule is CC1(C)c2ccccc2-c2ccc(N(c3ccc(-c4ccc5sc6ccccc6c5c4)cc3)c3cc4c(cc3-c3ccccc3)-c3ccccc3C4(C)C)cc21. The Labute approximate surface area is 333 Å². The Balaban J connectivity index is 1.13. The molecular formula is C54H41NS. The highest BCUT2D eigenvalue weighted by molar-refractivity contribution is 7.25. The van der Waals surface area contributed by atoms with Crippen LogP contribution in [0.3, 0.4) is 0 Å². The average molecular weight is 736 g/mol. The summed E-state index contributed by atoms with van der Waals surface area (Å²) in [6.45, 7) is 9.51. The minimum atomic E-state index is -0.141. The van der Waals surface area contributed by atoms with Crippen LogP contribution in [-0.2, 0) is 10.8 Å². The van der Waals surface area contributed by atoms with Gasteiger partial charge in [0.05, 0.1) is 5.69 Å². The summed E-state index contributed by atoms with van der Waals surface area (Å²) in [7, 11) is 0. The zero-order valence-electron chi connectivity index (χ0n) is 32.1. The van der Waals surface area contributed by atoms with E-state index in [0.29, 0.717) is 0 Å². The number of thiophene rings is 1. The topological polar surface area (TPSA) is 3.24 Å². The van der Waals surface area contributed by atoms with Crippen LogP contribution in [0.25, 0.3) is 64.7 Å². The molecule has 11 rings (SSSR count). The molecule has 0 aliphatic heterocycles. The van der Waals surface area contributed by atoms with Gasteiger partial charge in [-0.05, 0) is 116 Å². The van der Waals surface area contributed by atoms with E-state index in [-0.39, 0.29) is 10.8 Å². The van der Waals surface area contributed by atoms with E-state index in [1.54, 1.807) is 0 Å². The maximum Gasteiger partial charge on any atom is 0.0543 e. The summed E-state index contributed by atoms with van der Waals surface area (Å²) in [5.41, 5.74) is 18.9. The lowest BCUT2D eigenvalue weighted by molar-refractivity contribution is 0.660. The van der Waals surface area contributed by atoms with Crippen molar-refractivity contribution in [2.45, 2.75) is 38.5 Å². The highest BCUT2D eigenvalue weighted by atomic mass is 32.1. The molecule has 0 radical (unpaired) electrons. The lowest BCUT2D eigenvalue weighted by Gasteiger charge is -2.31. The molecule has 0 saturated carbocycles. The van der Waals surface area contributed by atoms with E-state index in [1.807, 2.05) is 11.3 Å². The number of hydrogen-bond acceptors (Lipinski definition) is 2. The van der Waals surface area contributed by atoms with E-state index in [0.717, 1.165) is 11.4 Å². The smallest absolute Gasteiger partial charge is 0.0543 e. The Morgan fingerprint density at radius 3 is 1.68 bits per heavy atom. The minimum absolute atomic E-state index is 0.119. The van der Waals surface area contributed by atoms with Crippen molar-refractivity contribution in [3.8, 4) is 44.5 Å². The molecule has 0 saturated heterocycles. The van der Waals surface area contributed by atoms with Gasteiger partial charge in [-0.3, -0.25) is 0 Å². The summed E-state index contributed by atoms with van der Waals surface area (Å²) in [4.78, 5) is 2.51. The average Bonchev–Trinajstić information content (AvgIpc) is 3.80. The number of anilines is 3. The van der Waals surface area contributed by atoms with Gasteiger partial charge in [0.2, 0.25) is 0 Å². The third-order valence-corrected chi connectivity index (χ3v) is 13.8. The Kier molecular flexibility index (Phi) is 7.18. The fraction of sp³-hybridized carbons (Fsp3) is 0.111. The highest BCUT2D eigenvalue weighted by Crippen LogP contribution is 2.55. The first-order chi connectivity index (χ1) is 27.3. The fourth-order valence-corrected chi connectivity index (χ4v) is 10.8.